The van der Waals surface area contributed by atoms with E-state index >= 15 is 0 Å². The number of urea groups is 1. The van der Waals surface area contributed by atoms with Crippen LogP contribution < -0.4 is 4.90 Å². The number of nitrogens with zero attached hydrogens (tertiary/aromatic N) is 2. The number of carbonyl (C=O) groups excluding carboxylic acids is 2. The molecule has 1 aliphatic carbocycles. The molecule has 2 aromatic rings. The zero-order chi connectivity index (χ0) is 19.0. The average Bonchev–Trinajstić information content (AvgIpc) is 2.67. The molecule has 0 aromatic heterocycles. The van der Waals surface area contributed by atoms with Crippen LogP contribution in [0.2, 0.25) is 10.0 Å². The summed E-state index contributed by atoms with van der Waals surface area (Å²) in [7, 11) is 0. The fourth-order valence-corrected chi connectivity index (χ4v) is 3.65. The highest BCUT2D eigenvalue weighted by molar-refractivity contribution is 6.32. The fraction of sp³-hybridized carbons (Fsp3) is 0.0952. The standard InChI is InChI=1S/C21H15Cl2N2O2/c22-15-7-5-8-16(12-15)25-20(26)17-9-2-4-11-19(17)24(21(25)27)13-14-6-1-3-10-18(14)23/h1-12,17H,13H2/q+1. The Morgan fingerprint density at radius 2 is 1.81 bits per heavy atom. The molecule has 0 bridgehead atoms. The number of benzene rings is 2. The molecule has 0 saturated carbocycles. The third-order valence-corrected chi connectivity index (χ3v) is 5.18. The van der Waals surface area contributed by atoms with Gasteiger partial charge in [0.15, 0.2) is 0 Å². The Morgan fingerprint density at radius 1 is 1.00 bits per heavy atom. The molecule has 27 heavy (non-hydrogen) atoms. The van der Waals surface area contributed by atoms with Gasteiger partial charge in [-0.25, -0.2) is 4.79 Å². The fourth-order valence-electron chi connectivity index (χ4n) is 3.27. The van der Waals surface area contributed by atoms with Crippen molar-refractivity contribution in [3.63, 3.8) is 0 Å². The molecule has 0 N–H and O–H groups in total. The lowest BCUT2D eigenvalue weighted by atomic mass is 9.94. The highest BCUT2D eigenvalue weighted by Gasteiger charge is 2.48. The summed E-state index contributed by atoms with van der Waals surface area (Å²) in [4.78, 5) is 27.5. The zero-order valence-corrected chi connectivity index (χ0v) is 15.7. The van der Waals surface area contributed by atoms with Crippen molar-refractivity contribution in [1.29, 1.82) is 0 Å². The van der Waals surface area contributed by atoms with Gasteiger partial charge in [0.1, 0.15) is 23.9 Å². The molecule has 1 heterocycles. The molecule has 0 saturated heterocycles. The molecule has 2 aromatic carbocycles. The Hall–Kier alpha value is -2.69. The summed E-state index contributed by atoms with van der Waals surface area (Å²) in [5, 5.41) is 1.03. The normalized spacial score (nSPS) is 18.9. The van der Waals surface area contributed by atoms with Gasteiger partial charge in [0.05, 0.1) is 0 Å². The van der Waals surface area contributed by atoms with Crippen LogP contribution in [-0.2, 0) is 11.3 Å². The second kappa shape index (κ2) is 7.14. The summed E-state index contributed by atoms with van der Waals surface area (Å²) >= 11 is 12.4. The number of amides is 3. The number of hydrogen-bond acceptors (Lipinski definition) is 2. The first-order valence-electron chi connectivity index (χ1n) is 8.42. The SMILES string of the molecule is O=C1C2C=CC=CC2=[N+](Cc2ccccc2Cl)C(=O)N1c1cccc(Cl)c1. The van der Waals surface area contributed by atoms with Gasteiger partial charge in [0.25, 0.3) is 0 Å². The van der Waals surface area contributed by atoms with Crippen LogP contribution in [0.15, 0.2) is 72.8 Å². The number of anilines is 1. The van der Waals surface area contributed by atoms with Crippen LogP contribution in [0.3, 0.4) is 0 Å². The summed E-state index contributed by atoms with van der Waals surface area (Å²) < 4.78 is 1.59. The topological polar surface area (TPSA) is 40.4 Å². The van der Waals surface area contributed by atoms with Crippen molar-refractivity contribution in [3.8, 4) is 0 Å². The molecule has 134 valence electrons. The molecule has 0 spiro atoms. The van der Waals surface area contributed by atoms with E-state index in [0.717, 1.165) is 5.56 Å². The second-order valence-corrected chi connectivity index (χ2v) is 7.10. The third-order valence-electron chi connectivity index (χ3n) is 4.57. The van der Waals surface area contributed by atoms with Crippen LogP contribution in [-0.4, -0.2) is 22.2 Å². The van der Waals surface area contributed by atoms with Crippen molar-refractivity contribution in [3.05, 3.63) is 88.4 Å². The molecular weight excluding hydrogens is 383 g/mol. The van der Waals surface area contributed by atoms with Crippen molar-refractivity contribution >= 4 is 46.5 Å². The van der Waals surface area contributed by atoms with Crippen molar-refractivity contribution in [1.82, 2.24) is 0 Å². The molecule has 2 aliphatic rings. The zero-order valence-electron chi connectivity index (χ0n) is 14.2. The van der Waals surface area contributed by atoms with Gasteiger partial charge in [-0.1, -0.05) is 65.7 Å². The van der Waals surface area contributed by atoms with E-state index in [1.165, 1.54) is 4.90 Å². The maximum absolute atomic E-state index is 13.3. The number of allylic oxidation sites excluding steroid dienone is 3. The van der Waals surface area contributed by atoms with Gasteiger partial charge >= 0.3 is 11.9 Å². The lowest BCUT2D eigenvalue weighted by Crippen LogP contribution is -2.54. The van der Waals surface area contributed by atoms with Gasteiger partial charge in [-0.2, -0.15) is 9.37 Å². The second-order valence-electron chi connectivity index (χ2n) is 6.26. The Morgan fingerprint density at radius 3 is 2.59 bits per heavy atom. The van der Waals surface area contributed by atoms with Gasteiger partial charge in [-0.05, 0) is 24.3 Å². The molecule has 1 atom stereocenters. The minimum Gasteiger partial charge on any atom is -0.245 e. The van der Waals surface area contributed by atoms with E-state index in [0.29, 0.717) is 21.4 Å². The number of carbonyl (C=O) groups is 2. The lowest BCUT2D eigenvalue weighted by molar-refractivity contribution is -0.445. The molecule has 4 rings (SSSR count). The largest absolute Gasteiger partial charge is 0.506 e. The Kier molecular flexibility index (Phi) is 4.68. The first-order chi connectivity index (χ1) is 13.1. The van der Waals surface area contributed by atoms with E-state index in [4.69, 9.17) is 23.2 Å². The highest BCUT2D eigenvalue weighted by atomic mass is 35.5. The Balaban J connectivity index is 1.83. The lowest BCUT2D eigenvalue weighted by Gasteiger charge is -2.26. The maximum atomic E-state index is 13.3. The van der Waals surface area contributed by atoms with Crippen molar-refractivity contribution in [2.45, 2.75) is 6.54 Å². The quantitative estimate of drug-likeness (QED) is 0.694. The highest BCUT2D eigenvalue weighted by Crippen LogP contribution is 2.28. The predicted molar refractivity (Wildman–Crippen MR) is 107 cm³/mol. The van der Waals surface area contributed by atoms with E-state index < -0.39 is 11.9 Å². The number of halogens is 2. The summed E-state index contributed by atoms with van der Waals surface area (Å²) in [5.41, 5.74) is 1.90. The van der Waals surface area contributed by atoms with Gasteiger partial charge < -0.3 is 0 Å². The number of hydrogen-bond donors (Lipinski definition) is 0. The molecule has 1 unspecified atom stereocenters. The van der Waals surface area contributed by atoms with Crippen molar-refractivity contribution in [2.75, 3.05) is 4.90 Å². The summed E-state index contributed by atoms with van der Waals surface area (Å²) in [6.45, 7) is 0.271. The molecule has 4 nitrogen and oxygen atoms in total. The maximum Gasteiger partial charge on any atom is 0.506 e. The Labute approximate surface area is 166 Å². The van der Waals surface area contributed by atoms with E-state index in [1.54, 1.807) is 47.1 Å². The molecule has 0 radical (unpaired) electrons. The third kappa shape index (κ3) is 3.22. The van der Waals surface area contributed by atoms with Gasteiger partial charge in [-0.15, -0.1) is 4.90 Å². The monoisotopic (exact) mass is 397 g/mol. The first-order valence-corrected chi connectivity index (χ1v) is 9.18. The van der Waals surface area contributed by atoms with Crippen LogP contribution in [0.25, 0.3) is 0 Å². The van der Waals surface area contributed by atoms with E-state index in [2.05, 4.69) is 0 Å². The van der Waals surface area contributed by atoms with Crippen molar-refractivity contribution in [2.24, 2.45) is 5.92 Å². The minimum absolute atomic E-state index is 0.271. The number of fused-ring (bicyclic) bond motifs is 1. The van der Waals surface area contributed by atoms with E-state index in [1.807, 2.05) is 30.4 Å². The molecule has 3 amide bonds. The Bertz CT molecular complexity index is 1040. The average molecular weight is 398 g/mol. The van der Waals surface area contributed by atoms with Gasteiger partial charge in [-0.3, -0.25) is 0 Å². The summed E-state index contributed by atoms with van der Waals surface area (Å²) in [6.07, 6.45) is 7.22. The smallest absolute Gasteiger partial charge is 0.245 e. The molecule has 0 fully saturated rings. The number of rotatable bonds is 3. The van der Waals surface area contributed by atoms with E-state index in [9.17, 15) is 9.59 Å². The van der Waals surface area contributed by atoms with Crippen LogP contribution in [0.4, 0.5) is 10.5 Å². The molecule has 6 heteroatoms. The van der Waals surface area contributed by atoms with Crippen LogP contribution in [0.1, 0.15) is 5.56 Å². The predicted octanol–water partition coefficient (Wildman–Crippen LogP) is 4.86. The van der Waals surface area contributed by atoms with Crippen LogP contribution in [0, 0.1) is 5.92 Å². The summed E-state index contributed by atoms with van der Waals surface area (Å²) in [6, 6.07) is 13.7. The summed E-state index contributed by atoms with van der Waals surface area (Å²) in [5.74, 6) is -0.831. The molecular formula is C21H15Cl2N2O2+. The number of imide groups is 1. The van der Waals surface area contributed by atoms with Gasteiger partial charge in [0.2, 0.25) is 0 Å². The molecule has 1 aliphatic heterocycles. The first kappa shape index (κ1) is 17.7. The van der Waals surface area contributed by atoms with Crippen molar-refractivity contribution < 1.29 is 14.2 Å². The van der Waals surface area contributed by atoms with Gasteiger partial charge in [0, 0.05) is 21.7 Å². The van der Waals surface area contributed by atoms with E-state index in [-0.39, 0.29) is 12.5 Å². The van der Waals surface area contributed by atoms with Crippen LogP contribution in [0.5, 0.6) is 0 Å². The van der Waals surface area contributed by atoms with Crippen LogP contribution >= 0.6 is 23.2 Å². The minimum atomic E-state index is -0.533.